The second kappa shape index (κ2) is 8.88. The van der Waals surface area contributed by atoms with Crippen molar-refractivity contribution in [1.82, 2.24) is 20.4 Å². The highest BCUT2D eigenvalue weighted by molar-refractivity contribution is 7.12. The Labute approximate surface area is 174 Å². The molecule has 0 bridgehead atoms. The number of carbonyl (C=O) groups is 1. The van der Waals surface area contributed by atoms with Crippen LogP contribution >= 0.6 is 11.3 Å². The van der Waals surface area contributed by atoms with E-state index in [0.29, 0.717) is 24.2 Å². The molecule has 7 heteroatoms. The molecule has 1 fully saturated rings. The van der Waals surface area contributed by atoms with Gasteiger partial charge in [-0.1, -0.05) is 49.3 Å². The van der Waals surface area contributed by atoms with Crippen molar-refractivity contribution in [3.05, 3.63) is 58.1 Å². The molecular weight excluding hydrogens is 384 g/mol. The van der Waals surface area contributed by atoms with E-state index in [4.69, 9.17) is 4.52 Å². The number of rotatable bonds is 6. The molecule has 1 N–H and O–H groups in total. The lowest BCUT2D eigenvalue weighted by Crippen LogP contribution is -2.44. The zero-order valence-corrected chi connectivity index (χ0v) is 17.6. The zero-order valence-electron chi connectivity index (χ0n) is 16.8. The van der Waals surface area contributed by atoms with E-state index in [-0.39, 0.29) is 11.9 Å². The minimum absolute atomic E-state index is 0.0310. The van der Waals surface area contributed by atoms with Gasteiger partial charge in [0.25, 0.3) is 5.91 Å². The third-order valence-corrected chi connectivity index (χ3v) is 6.20. The molecule has 0 atom stereocenters. The van der Waals surface area contributed by atoms with Crippen LogP contribution in [-0.4, -0.2) is 40.1 Å². The Morgan fingerprint density at radius 2 is 2.00 bits per heavy atom. The molecular formula is C22H26N4O2S. The minimum Gasteiger partial charge on any atom is -0.349 e. The van der Waals surface area contributed by atoms with Crippen molar-refractivity contribution < 1.29 is 9.32 Å². The maximum atomic E-state index is 12.2. The topological polar surface area (TPSA) is 71.3 Å². The molecule has 1 aliphatic rings. The van der Waals surface area contributed by atoms with Crippen molar-refractivity contribution in [2.75, 3.05) is 13.1 Å². The van der Waals surface area contributed by atoms with E-state index in [9.17, 15) is 4.79 Å². The summed E-state index contributed by atoms with van der Waals surface area (Å²) < 4.78 is 5.47. The third kappa shape index (κ3) is 4.92. The number of amides is 1. The lowest BCUT2D eigenvalue weighted by Gasteiger charge is -2.31. The predicted octanol–water partition coefficient (Wildman–Crippen LogP) is 4.32. The summed E-state index contributed by atoms with van der Waals surface area (Å²) in [6.07, 6.45) is 1.85. The number of piperidine rings is 1. The van der Waals surface area contributed by atoms with Crippen molar-refractivity contribution in [2.24, 2.45) is 0 Å². The Hall–Kier alpha value is -2.51. The molecule has 6 nitrogen and oxygen atoms in total. The van der Waals surface area contributed by atoms with E-state index in [2.05, 4.69) is 46.3 Å². The Morgan fingerprint density at radius 1 is 1.24 bits per heavy atom. The molecule has 1 aromatic carbocycles. The van der Waals surface area contributed by atoms with Crippen LogP contribution in [-0.2, 0) is 6.54 Å². The van der Waals surface area contributed by atoms with Gasteiger partial charge in [-0.25, -0.2) is 0 Å². The van der Waals surface area contributed by atoms with Crippen LogP contribution in [0.4, 0.5) is 0 Å². The summed E-state index contributed by atoms with van der Waals surface area (Å²) in [7, 11) is 0. The number of likely N-dealkylation sites (tertiary alicyclic amines) is 1. The number of hydrogen-bond donors (Lipinski definition) is 1. The first kappa shape index (κ1) is 19.8. The van der Waals surface area contributed by atoms with Crippen LogP contribution in [0, 0.1) is 0 Å². The molecule has 2 aromatic heterocycles. The van der Waals surface area contributed by atoms with Crippen molar-refractivity contribution in [3.63, 3.8) is 0 Å². The molecule has 1 aliphatic heterocycles. The first-order chi connectivity index (χ1) is 14.1. The summed E-state index contributed by atoms with van der Waals surface area (Å²) in [5.41, 5.74) is 2.27. The maximum absolute atomic E-state index is 12.2. The van der Waals surface area contributed by atoms with Gasteiger partial charge in [0.1, 0.15) is 0 Å². The monoisotopic (exact) mass is 410 g/mol. The van der Waals surface area contributed by atoms with E-state index in [1.165, 1.54) is 16.9 Å². The van der Waals surface area contributed by atoms with Crippen LogP contribution in [0.2, 0.25) is 0 Å². The zero-order chi connectivity index (χ0) is 20.2. The van der Waals surface area contributed by atoms with Gasteiger partial charge in [-0.05, 0) is 35.8 Å². The van der Waals surface area contributed by atoms with Gasteiger partial charge in [0.15, 0.2) is 0 Å². The second-order valence-corrected chi connectivity index (χ2v) is 8.74. The average molecular weight is 411 g/mol. The molecule has 3 heterocycles. The summed E-state index contributed by atoms with van der Waals surface area (Å²) in [6.45, 7) is 6.80. The first-order valence-electron chi connectivity index (χ1n) is 10.1. The van der Waals surface area contributed by atoms with E-state index in [1.54, 1.807) is 0 Å². The van der Waals surface area contributed by atoms with Gasteiger partial charge in [0, 0.05) is 24.7 Å². The Kier molecular flexibility index (Phi) is 6.06. The van der Waals surface area contributed by atoms with Crippen LogP contribution in [0.5, 0.6) is 0 Å². The molecule has 4 rings (SSSR count). The molecule has 152 valence electrons. The van der Waals surface area contributed by atoms with Crippen molar-refractivity contribution >= 4 is 17.2 Å². The fourth-order valence-electron chi connectivity index (χ4n) is 3.54. The molecule has 0 radical (unpaired) electrons. The smallest absolute Gasteiger partial charge is 0.261 e. The summed E-state index contributed by atoms with van der Waals surface area (Å²) in [5, 5.41) is 9.20. The molecule has 0 aliphatic carbocycles. The van der Waals surface area contributed by atoms with Gasteiger partial charge in [-0.3, -0.25) is 9.69 Å². The number of carbonyl (C=O) groups excluding carboxylic acids is 1. The van der Waals surface area contributed by atoms with Gasteiger partial charge in [-0.2, -0.15) is 4.98 Å². The summed E-state index contributed by atoms with van der Waals surface area (Å²) >= 11 is 1.47. The van der Waals surface area contributed by atoms with Gasteiger partial charge >= 0.3 is 0 Å². The number of benzene rings is 1. The minimum atomic E-state index is 0.0310. The van der Waals surface area contributed by atoms with Crippen LogP contribution in [0.3, 0.4) is 0 Å². The Morgan fingerprint density at radius 3 is 2.66 bits per heavy atom. The van der Waals surface area contributed by atoms with Gasteiger partial charge in [0.05, 0.1) is 11.4 Å². The summed E-state index contributed by atoms with van der Waals surface area (Å²) in [4.78, 5) is 19.8. The standard InChI is InChI=1S/C22H26N4O2S/c1-15(2)16-5-7-17(8-6-16)21-24-20(28-25-21)14-26-11-9-18(10-12-26)23-22(27)19-4-3-13-29-19/h3-8,13,15,18H,9-12,14H2,1-2H3,(H,23,27). The normalized spacial score (nSPS) is 15.7. The van der Waals surface area contributed by atoms with Crippen LogP contribution in [0.15, 0.2) is 46.3 Å². The van der Waals surface area contributed by atoms with E-state index >= 15 is 0 Å². The fourth-order valence-corrected chi connectivity index (χ4v) is 4.17. The highest BCUT2D eigenvalue weighted by Gasteiger charge is 2.23. The van der Waals surface area contributed by atoms with Crippen molar-refractivity contribution in [1.29, 1.82) is 0 Å². The van der Waals surface area contributed by atoms with E-state index in [1.807, 2.05) is 29.6 Å². The van der Waals surface area contributed by atoms with Crippen LogP contribution < -0.4 is 5.32 Å². The summed E-state index contributed by atoms with van der Waals surface area (Å²) in [5.74, 6) is 1.80. The van der Waals surface area contributed by atoms with Crippen LogP contribution in [0.1, 0.15) is 53.7 Å². The predicted molar refractivity (Wildman–Crippen MR) is 114 cm³/mol. The SMILES string of the molecule is CC(C)c1ccc(-c2noc(CN3CCC(NC(=O)c4cccs4)CC3)n2)cc1. The molecule has 29 heavy (non-hydrogen) atoms. The number of nitrogens with one attached hydrogen (secondary N) is 1. The Bertz CT molecular complexity index is 926. The maximum Gasteiger partial charge on any atom is 0.261 e. The van der Waals surface area contributed by atoms with E-state index < -0.39 is 0 Å². The lowest BCUT2D eigenvalue weighted by molar-refractivity contribution is 0.0908. The quantitative estimate of drug-likeness (QED) is 0.655. The molecule has 0 unspecified atom stereocenters. The van der Waals surface area contributed by atoms with Gasteiger partial charge < -0.3 is 9.84 Å². The molecule has 0 saturated carbocycles. The molecule has 1 saturated heterocycles. The molecule has 3 aromatic rings. The van der Waals surface area contributed by atoms with E-state index in [0.717, 1.165) is 36.4 Å². The first-order valence-corrected chi connectivity index (χ1v) is 11.0. The number of aromatic nitrogens is 2. The third-order valence-electron chi connectivity index (χ3n) is 5.33. The molecule has 1 amide bonds. The average Bonchev–Trinajstić information content (AvgIpc) is 3.42. The highest BCUT2D eigenvalue weighted by atomic mass is 32.1. The molecule has 0 spiro atoms. The lowest BCUT2D eigenvalue weighted by atomic mass is 10.0. The second-order valence-electron chi connectivity index (χ2n) is 7.79. The van der Waals surface area contributed by atoms with Crippen molar-refractivity contribution in [2.45, 2.75) is 45.2 Å². The fraction of sp³-hybridized carbons (Fsp3) is 0.409. The highest BCUT2D eigenvalue weighted by Crippen LogP contribution is 2.21. The largest absolute Gasteiger partial charge is 0.349 e. The van der Waals surface area contributed by atoms with Crippen LogP contribution in [0.25, 0.3) is 11.4 Å². The van der Waals surface area contributed by atoms with Crippen molar-refractivity contribution in [3.8, 4) is 11.4 Å². The Balaban J connectivity index is 1.28. The van der Waals surface area contributed by atoms with Gasteiger partial charge in [0.2, 0.25) is 11.7 Å². The number of hydrogen-bond acceptors (Lipinski definition) is 6. The van der Waals surface area contributed by atoms with Gasteiger partial charge in [-0.15, -0.1) is 11.3 Å². The number of thiophene rings is 1. The number of nitrogens with zero attached hydrogens (tertiary/aromatic N) is 3. The summed E-state index contributed by atoms with van der Waals surface area (Å²) in [6, 6.07) is 12.3.